The Balaban J connectivity index is 1.91. The molecule has 0 aliphatic rings. The number of rotatable bonds is 8. The second-order valence-electron chi connectivity index (χ2n) is 6.82. The van der Waals surface area contributed by atoms with Crippen LogP contribution < -0.4 is 17.0 Å². The van der Waals surface area contributed by atoms with Crippen LogP contribution >= 0.6 is 0 Å². The molecule has 1 aromatic carbocycles. The summed E-state index contributed by atoms with van der Waals surface area (Å²) in [5.74, 6) is -0.242. The van der Waals surface area contributed by atoms with Crippen molar-refractivity contribution in [2.24, 2.45) is 5.73 Å². The Labute approximate surface area is 168 Å². The second kappa shape index (κ2) is 9.29. The number of fused-ring (bicyclic) bond motifs is 1. The third-order valence-corrected chi connectivity index (χ3v) is 4.73. The van der Waals surface area contributed by atoms with Gasteiger partial charge in [-0.2, -0.15) is 0 Å². The minimum Gasteiger partial charge on any atom is -0.337 e. The average Bonchev–Trinajstić information content (AvgIpc) is 2.74. The summed E-state index contributed by atoms with van der Waals surface area (Å²) >= 11 is 0. The number of benzene rings is 1. The van der Waals surface area contributed by atoms with Crippen molar-refractivity contribution in [1.29, 1.82) is 0 Å². The van der Waals surface area contributed by atoms with Gasteiger partial charge in [0.05, 0.1) is 10.9 Å². The van der Waals surface area contributed by atoms with E-state index in [9.17, 15) is 14.4 Å². The monoisotopic (exact) mass is 395 g/mol. The highest BCUT2D eigenvalue weighted by Crippen LogP contribution is 2.12. The molecule has 0 aliphatic heterocycles. The van der Waals surface area contributed by atoms with E-state index in [1.807, 2.05) is 37.3 Å². The van der Waals surface area contributed by atoms with E-state index in [-0.39, 0.29) is 16.9 Å². The largest absolute Gasteiger partial charge is 0.337 e. The van der Waals surface area contributed by atoms with Gasteiger partial charge in [0.15, 0.2) is 0 Å². The highest BCUT2D eigenvalue weighted by Gasteiger charge is 2.18. The van der Waals surface area contributed by atoms with E-state index in [2.05, 4.69) is 9.97 Å². The van der Waals surface area contributed by atoms with Crippen molar-refractivity contribution in [1.82, 2.24) is 19.4 Å². The zero-order valence-electron chi connectivity index (χ0n) is 16.4. The lowest BCUT2D eigenvalue weighted by Gasteiger charge is -2.22. The summed E-state index contributed by atoms with van der Waals surface area (Å²) in [4.78, 5) is 45.6. The number of hydrogen-bond donors (Lipinski definition) is 2. The SMILES string of the molecule is CCCn1c(=O)[nH]c(=O)c2cc(C(=O)N(CCN)CCc3ccccc3)cnc21. The molecule has 29 heavy (non-hydrogen) atoms. The molecule has 3 aromatic rings. The van der Waals surface area contributed by atoms with Gasteiger partial charge in [0.2, 0.25) is 0 Å². The minimum absolute atomic E-state index is 0.222. The number of nitrogens with two attached hydrogens (primary N) is 1. The Morgan fingerprint density at radius 3 is 2.66 bits per heavy atom. The molecular formula is C21H25N5O3. The zero-order chi connectivity index (χ0) is 20.8. The van der Waals surface area contributed by atoms with E-state index in [0.717, 1.165) is 5.56 Å². The Bertz CT molecular complexity index is 1100. The molecule has 0 atom stereocenters. The Morgan fingerprint density at radius 1 is 1.21 bits per heavy atom. The molecule has 8 nitrogen and oxygen atoms in total. The maximum atomic E-state index is 13.0. The normalized spacial score (nSPS) is 11.0. The van der Waals surface area contributed by atoms with Crippen molar-refractivity contribution in [3.8, 4) is 0 Å². The summed E-state index contributed by atoms with van der Waals surface area (Å²) in [7, 11) is 0. The third kappa shape index (κ3) is 4.60. The quantitative estimate of drug-likeness (QED) is 0.594. The van der Waals surface area contributed by atoms with Crippen LogP contribution in [0.1, 0.15) is 29.3 Å². The number of amides is 1. The van der Waals surface area contributed by atoms with E-state index in [0.29, 0.717) is 44.6 Å². The summed E-state index contributed by atoms with van der Waals surface area (Å²) < 4.78 is 1.41. The Kier molecular flexibility index (Phi) is 6.56. The van der Waals surface area contributed by atoms with Gasteiger partial charge < -0.3 is 10.6 Å². The van der Waals surface area contributed by atoms with Crippen molar-refractivity contribution in [2.75, 3.05) is 19.6 Å². The number of aromatic nitrogens is 3. The second-order valence-corrected chi connectivity index (χ2v) is 6.82. The number of H-pyrrole nitrogens is 1. The first-order chi connectivity index (χ1) is 14.0. The molecule has 0 spiro atoms. The van der Waals surface area contributed by atoms with E-state index in [1.165, 1.54) is 16.8 Å². The fraction of sp³-hybridized carbons (Fsp3) is 0.333. The lowest BCUT2D eigenvalue weighted by atomic mass is 10.1. The van der Waals surface area contributed by atoms with Crippen LogP contribution in [0.25, 0.3) is 11.0 Å². The first-order valence-electron chi connectivity index (χ1n) is 9.71. The maximum Gasteiger partial charge on any atom is 0.329 e. The van der Waals surface area contributed by atoms with Gasteiger partial charge in [-0.15, -0.1) is 0 Å². The highest BCUT2D eigenvalue weighted by atomic mass is 16.2. The van der Waals surface area contributed by atoms with Crippen LogP contribution in [-0.2, 0) is 13.0 Å². The minimum atomic E-state index is -0.547. The molecule has 152 valence electrons. The number of aryl methyl sites for hydroxylation is 1. The van der Waals surface area contributed by atoms with E-state index >= 15 is 0 Å². The molecule has 0 fully saturated rings. The van der Waals surface area contributed by atoms with Gasteiger partial charge in [-0.05, 0) is 24.5 Å². The van der Waals surface area contributed by atoms with Gasteiger partial charge >= 0.3 is 5.69 Å². The van der Waals surface area contributed by atoms with Gasteiger partial charge in [-0.25, -0.2) is 9.78 Å². The van der Waals surface area contributed by atoms with Crippen molar-refractivity contribution in [2.45, 2.75) is 26.3 Å². The molecule has 2 heterocycles. The molecule has 2 aromatic heterocycles. The molecule has 3 N–H and O–H groups in total. The van der Waals surface area contributed by atoms with Gasteiger partial charge in [-0.1, -0.05) is 37.3 Å². The fourth-order valence-electron chi connectivity index (χ4n) is 3.28. The summed E-state index contributed by atoms with van der Waals surface area (Å²) in [6.45, 7) is 3.60. The molecule has 0 saturated carbocycles. The first-order valence-corrected chi connectivity index (χ1v) is 9.71. The zero-order valence-corrected chi connectivity index (χ0v) is 16.4. The van der Waals surface area contributed by atoms with Gasteiger partial charge in [0.1, 0.15) is 5.65 Å². The number of nitrogens with zero attached hydrogens (tertiary/aromatic N) is 3. The van der Waals surface area contributed by atoms with Gasteiger partial charge in [-0.3, -0.25) is 19.1 Å². The molecule has 0 bridgehead atoms. The molecule has 3 rings (SSSR count). The predicted molar refractivity (Wildman–Crippen MR) is 112 cm³/mol. The van der Waals surface area contributed by atoms with Crippen LogP contribution in [0.4, 0.5) is 0 Å². The number of aromatic amines is 1. The Hall–Kier alpha value is -3.26. The van der Waals surface area contributed by atoms with E-state index in [1.54, 1.807) is 4.90 Å². The molecule has 8 heteroatoms. The molecule has 0 unspecified atom stereocenters. The molecular weight excluding hydrogens is 370 g/mol. The van der Waals surface area contributed by atoms with E-state index in [4.69, 9.17) is 5.73 Å². The molecule has 0 saturated heterocycles. The first kappa shape index (κ1) is 20.5. The fourth-order valence-corrected chi connectivity index (χ4v) is 3.28. The lowest BCUT2D eigenvalue weighted by molar-refractivity contribution is 0.0762. The van der Waals surface area contributed by atoms with Crippen molar-refractivity contribution in [3.63, 3.8) is 0 Å². The average molecular weight is 395 g/mol. The van der Waals surface area contributed by atoms with Crippen molar-refractivity contribution >= 4 is 16.9 Å². The predicted octanol–water partition coefficient (Wildman–Crippen LogP) is 1.14. The summed E-state index contributed by atoms with van der Waals surface area (Å²) in [6.07, 6.45) is 2.83. The number of nitrogens with one attached hydrogen (secondary N) is 1. The number of hydrogen-bond acceptors (Lipinski definition) is 5. The van der Waals surface area contributed by atoms with Crippen LogP contribution in [0.15, 0.2) is 52.2 Å². The van der Waals surface area contributed by atoms with Crippen LogP contribution in [0, 0.1) is 0 Å². The van der Waals surface area contributed by atoms with Crippen LogP contribution in [0.5, 0.6) is 0 Å². The third-order valence-electron chi connectivity index (χ3n) is 4.73. The van der Waals surface area contributed by atoms with E-state index < -0.39 is 11.2 Å². The van der Waals surface area contributed by atoms with Crippen LogP contribution in [0.2, 0.25) is 0 Å². The van der Waals surface area contributed by atoms with Crippen molar-refractivity contribution < 1.29 is 4.79 Å². The molecule has 0 radical (unpaired) electrons. The van der Waals surface area contributed by atoms with Crippen LogP contribution in [-0.4, -0.2) is 45.0 Å². The summed E-state index contributed by atoms with van der Waals surface area (Å²) in [5, 5.41) is 0.222. The standard InChI is InChI=1S/C21H25N5O3/c1-2-10-26-18-17(19(27)24-21(26)29)13-16(14-23-18)20(28)25(12-9-22)11-8-15-6-4-3-5-7-15/h3-7,13-14H,2,8-12,22H2,1H3,(H,24,27,29). The van der Waals surface area contributed by atoms with Crippen molar-refractivity contribution in [3.05, 3.63) is 74.6 Å². The number of carbonyl (C=O) groups is 1. The summed E-state index contributed by atoms with van der Waals surface area (Å²) in [5.41, 5.74) is 6.36. The lowest BCUT2D eigenvalue weighted by Crippen LogP contribution is -2.37. The molecule has 1 amide bonds. The topological polar surface area (TPSA) is 114 Å². The van der Waals surface area contributed by atoms with Gasteiger partial charge in [0.25, 0.3) is 11.5 Å². The van der Waals surface area contributed by atoms with Crippen LogP contribution in [0.3, 0.4) is 0 Å². The number of pyridine rings is 1. The Morgan fingerprint density at radius 2 is 1.97 bits per heavy atom. The van der Waals surface area contributed by atoms with Gasteiger partial charge in [0, 0.05) is 32.4 Å². The summed E-state index contributed by atoms with van der Waals surface area (Å²) in [6, 6.07) is 11.4. The number of carbonyl (C=O) groups excluding carboxylic acids is 1. The molecule has 0 aliphatic carbocycles. The maximum absolute atomic E-state index is 13.0. The smallest absolute Gasteiger partial charge is 0.329 e. The highest BCUT2D eigenvalue weighted by molar-refractivity contribution is 5.96.